The Morgan fingerprint density at radius 3 is 2.78 bits per heavy atom. The van der Waals surface area contributed by atoms with Gasteiger partial charge < -0.3 is 4.52 Å². The van der Waals surface area contributed by atoms with Gasteiger partial charge in [0.2, 0.25) is 5.13 Å². The number of rotatable bonds is 3. The number of aryl methyl sites for hydroxylation is 2. The lowest BCUT2D eigenvalue weighted by Crippen LogP contribution is -2.13. The number of benzene rings is 1. The Hall–Kier alpha value is -2.32. The van der Waals surface area contributed by atoms with Gasteiger partial charge >= 0.3 is 0 Å². The monoisotopic (exact) mass is 352 g/mol. The lowest BCUT2D eigenvalue weighted by atomic mass is 10.1. The van der Waals surface area contributed by atoms with Gasteiger partial charge in [-0.1, -0.05) is 34.2 Å². The molecule has 0 aliphatic rings. The predicted octanol–water partition coefficient (Wildman–Crippen LogP) is 3.85. The Balaban J connectivity index is 2.04. The van der Waals surface area contributed by atoms with Gasteiger partial charge in [-0.15, -0.1) is 10.2 Å². The predicted molar refractivity (Wildman–Crippen MR) is 84.2 cm³/mol. The molecule has 1 amide bonds. The molecule has 1 aromatic carbocycles. The highest BCUT2D eigenvalue weighted by atomic mass is 35.5. The number of halogens is 2. The van der Waals surface area contributed by atoms with Crippen LogP contribution < -0.4 is 5.32 Å². The normalized spacial score (nSPS) is 10.8. The number of aromatic nitrogens is 3. The van der Waals surface area contributed by atoms with Gasteiger partial charge in [-0.3, -0.25) is 10.1 Å². The first-order valence-electron chi connectivity index (χ1n) is 6.49. The first-order valence-corrected chi connectivity index (χ1v) is 7.69. The largest absolute Gasteiger partial charge is 0.360 e. The molecule has 1 N–H and O–H groups in total. The van der Waals surface area contributed by atoms with Gasteiger partial charge in [0.25, 0.3) is 5.91 Å². The standard InChI is InChI=1S/C14H10ClFN4O2S/c1-6-10(13(21)17-14-19-18-7(2)23-14)12(20-22-6)11-8(15)4-3-5-9(11)16/h3-5H,1-2H3,(H,17,19,21). The maximum absolute atomic E-state index is 14.1. The molecule has 3 aromatic rings. The van der Waals surface area contributed by atoms with Gasteiger partial charge in [0.05, 0.1) is 10.6 Å². The summed E-state index contributed by atoms with van der Waals surface area (Å²) >= 11 is 7.26. The third-order valence-electron chi connectivity index (χ3n) is 3.04. The van der Waals surface area contributed by atoms with E-state index in [1.165, 1.54) is 29.5 Å². The summed E-state index contributed by atoms with van der Waals surface area (Å²) in [5, 5.41) is 15.2. The second-order valence-corrected chi connectivity index (χ2v) is 6.23. The highest BCUT2D eigenvalue weighted by Gasteiger charge is 2.26. The summed E-state index contributed by atoms with van der Waals surface area (Å²) in [6, 6.07) is 4.22. The summed E-state index contributed by atoms with van der Waals surface area (Å²) in [5.74, 6) is -0.862. The van der Waals surface area contributed by atoms with Crippen LogP contribution in [0.4, 0.5) is 9.52 Å². The Kier molecular flexibility index (Phi) is 4.10. The van der Waals surface area contributed by atoms with Gasteiger partial charge in [0.15, 0.2) is 0 Å². The Morgan fingerprint density at radius 2 is 2.13 bits per heavy atom. The number of anilines is 1. The zero-order valence-corrected chi connectivity index (χ0v) is 13.6. The molecule has 0 aliphatic heterocycles. The number of hydrogen-bond acceptors (Lipinski definition) is 6. The number of carbonyl (C=O) groups excluding carboxylic acids is 1. The Labute approximate surface area is 139 Å². The van der Waals surface area contributed by atoms with E-state index in [2.05, 4.69) is 20.7 Å². The number of hydrogen-bond donors (Lipinski definition) is 1. The molecule has 0 saturated carbocycles. The van der Waals surface area contributed by atoms with Crippen molar-refractivity contribution >= 4 is 34.0 Å². The Morgan fingerprint density at radius 1 is 1.35 bits per heavy atom. The number of carbonyl (C=O) groups is 1. The minimum absolute atomic E-state index is 0.0182. The molecular weight excluding hydrogens is 343 g/mol. The third kappa shape index (κ3) is 2.95. The topological polar surface area (TPSA) is 80.9 Å². The van der Waals surface area contributed by atoms with Crippen LogP contribution in [-0.4, -0.2) is 21.3 Å². The average molecular weight is 353 g/mol. The van der Waals surface area contributed by atoms with E-state index in [1.807, 2.05) is 0 Å². The quantitative estimate of drug-likeness (QED) is 0.774. The maximum Gasteiger partial charge on any atom is 0.263 e. The van der Waals surface area contributed by atoms with Gasteiger partial charge in [-0.25, -0.2) is 4.39 Å². The van der Waals surface area contributed by atoms with Crippen LogP contribution in [0.5, 0.6) is 0 Å². The summed E-state index contributed by atoms with van der Waals surface area (Å²) < 4.78 is 19.2. The first kappa shape index (κ1) is 15.6. The second kappa shape index (κ2) is 6.05. The zero-order valence-electron chi connectivity index (χ0n) is 12.1. The van der Waals surface area contributed by atoms with E-state index in [-0.39, 0.29) is 27.6 Å². The summed E-state index contributed by atoms with van der Waals surface area (Å²) in [6.07, 6.45) is 0. The van der Waals surface area contributed by atoms with Crippen molar-refractivity contribution in [3.05, 3.63) is 45.4 Å². The molecule has 2 heterocycles. The number of amides is 1. The van der Waals surface area contributed by atoms with Gasteiger partial charge in [0.1, 0.15) is 27.8 Å². The lowest BCUT2D eigenvalue weighted by Gasteiger charge is -2.05. The van der Waals surface area contributed by atoms with Crippen LogP contribution in [0, 0.1) is 19.7 Å². The van der Waals surface area contributed by atoms with E-state index >= 15 is 0 Å². The van der Waals surface area contributed by atoms with Crippen molar-refractivity contribution in [3.8, 4) is 11.3 Å². The molecule has 0 aliphatic carbocycles. The third-order valence-corrected chi connectivity index (χ3v) is 4.10. The van der Waals surface area contributed by atoms with Crippen molar-refractivity contribution in [1.29, 1.82) is 0 Å². The average Bonchev–Trinajstić information content (AvgIpc) is 3.05. The van der Waals surface area contributed by atoms with Crippen LogP contribution in [0.1, 0.15) is 21.1 Å². The van der Waals surface area contributed by atoms with E-state index in [0.717, 1.165) is 0 Å². The van der Waals surface area contributed by atoms with Crippen molar-refractivity contribution in [3.63, 3.8) is 0 Å². The highest BCUT2D eigenvalue weighted by Crippen LogP contribution is 2.33. The van der Waals surface area contributed by atoms with E-state index in [1.54, 1.807) is 13.8 Å². The van der Waals surface area contributed by atoms with Crippen LogP contribution >= 0.6 is 22.9 Å². The zero-order chi connectivity index (χ0) is 16.6. The van der Waals surface area contributed by atoms with Crippen LogP contribution in [0.15, 0.2) is 22.7 Å². The molecule has 6 nitrogen and oxygen atoms in total. The van der Waals surface area contributed by atoms with E-state index in [4.69, 9.17) is 16.1 Å². The first-order chi connectivity index (χ1) is 11.0. The fourth-order valence-corrected chi connectivity index (χ4v) is 2.88. The minimum atomic E-state index is -0.591. The molecule has 0 saturated heterocycles. The van der Waals surface area contributed by atoms with Gasteiger partial charge in [-0.2, -0.15) is 0 Å². The molecule has 3 rings (SSSR count). The Bertz CT molecular complexity index is 873. The molecule has 0 unspecified atom stereocenters. The molecule has 118 valence electrons. The molecule has 9 heteroatoms. The van der Waals surface area contributed by atoms with E-state index in [0.29, 0.717) is 10.1 Å². The van der Waals surface area contributed by atoms with Crippen LogP contribution in [0.2, 0.25) is 5.02 Å². The van der Waals surface area contributed by atoms with Crippen LogP contribution in [-0.2, 0) is 0 Å². The van der Waals surface area contributed by atoms with Crippen molar-refractivity contribution in [2.75, 3.05) is 5.32 Å². The lowest BCUT2D eigenvalue weighted by molar-refractivity contribution is 0.102. The van der Waals surface area contributed by atoms with Crippen LogP contribution in [0.25, 0.3) is 11.3 Å². The highest BCUT2D eigenvalue weighted by molar-refractivity contribution is 7.15. The van der Waals surface area contributed by atoms with Crippen molar-refractivity contribution in [2.45, 2.75) is 13.8 Å². The molecule has 2 aromatic heterocycles. The summed E-state index contributed by atoms with van der Waals surface area (Å²) in [5.41, 5.74) is 0.166. The minimum Gasteiger partial charge on any atom is -0.360 e. The van der Waals surface area contributed by atoms with Gasteiger partial charge in [0, 0.05) is 0 Å². The van der Waals surface area contributed by atoms with Crippen LogP contribution in [0.3, 0.4) is 0 Å². The van der Waals surface area contributed by atoms with Gasteiger partial charge in [-0.05, 0) is 26.0 Å². The molecular formula is C14H10ClFN4O2S. The molecule has 0 atom stereocenters. The molecule has 23 heavy (non-hydrogen) atoms. The fraction of sp³-hybridized carbons (Fsp3) is 0.143. The summed E-state index contributed by atoms with van der Waals surface area (Å²) in [7, 11) is 0. The molecule has 0 radical (unpaired) electrons. The van der Waals surface area contributed by atoms with Crippen molar-refractivity contribution < 1.29 is 13.7 Å². The number of nitrogens with one attached hydrogen (secondary N) is 1. The summed E-state index contributed by atoms with van der Waals surface area (Å²) in [4.78, 5) is 12.5. The maximum atomic E-state index is 14.1. The molecule has 0 spiro atoms. The smallest absolute Gasteiger partial charge is 0.263 e. The van der Waals surface area contributed by atoms with E-state index < -0.39 is 11.7 Å². The van der Waals surface area contributed by atoms with Crippen molar-refractivity contribution in [2.24, 2.45) is 0 Å². The van der Waals surface area contributed by atoms with E-state index in [9.17, 15) is 9.18 Å². The SMILES string of the molecule is Cc1nnc(NC(=O)c2c(-c3c(F)cccc3Cl)noc2C)s1. The summed E-state index contributed by atoms with van der Waals surface area (Å²) in [6.45, 7) is 3.33. The number of nitrogens with zero attached hydrogens (tertiary/aromatic N) is 3. The fourth-order valence-electron chi connectivity index (χ4n) is 2.04. The van der Waals surface area contributed by atoms with Crippen molar-refractivity contribution in [1.82, 2.24) is 15.4 Å². The second-order valence-electron chi connectivity index (χ2n) is 4.64. The molecule has 0 fully saturated rings. The molecule has 0 bridgehead atoms.